The van der Waals surface area contributed by atoms with Crippen molar-refractivity contribution in [3.05, 3.63) is 66.2 Å². The van der Waals surface area contributed by atoms with Gasteiger partial charge in [-0.1, -0.05) is 48.5 Å². The molecule has 0 radical (unpaired) electrons. The fourth-order valence-electron chi connectivity index (χ4n) is 2.37. The minimum absolute atomic E-state index is 0.0221. The summed E-state index contributed by atoms with van der Waals surface area (Å²) in [5.41, 5.74) is -3.70. The van der Waals surface area contributed by atoms with Crippen molar-refractivity contribution >= 4 is 15.7 Å². The molecule has 27 heavy (non-hydrogen) atoms. The van der Waals surface area contributed by atoms with Gasteiger partial charge in [-0.2, -0.15) is 13.2 Å². The predicted octanol–water partition coefficient (Wildman–Crippen LogP) is 2.42. The number of benzene rings is 2. The van der Waals surface area contributed by atoms with Crippen LogP contribution in [0.2, 0.25) is 0 Å². The molecule has 0 saturated heterocycles. The minimum atomic E-state index is -5.03. The molecule has 9 heteroatoms. The number of sulfone groups is 1. The van der Waals surface area contributed by atoms with E-state index in [9.17, 15) is 31.5 Å². The Labute approximate surface area is 154 Å². The lowest BCUT2D eigenvalue weighted by Gasteiger charge is -2.31. The second-order valence-corrected chi connectivity index (χ2v) is 7.99. The molecule has 0 spiro atoms. The minimum Gasteiger partial charge on any atom is -0.375 e. The number of alkyl halides is 3. The molecule has 0 aliphatic carbocycles. The van der Waals surface area contributed by atoms with Crippen molar-refractivity contribution in [1.29, 1.82) is 0 Å². The van der Waals surface area contributed by atoms with Crippen LogP contribution in [0.15, 0.2) is 65.6 Å². The molecule has 0 heterocycles. The van der Waals surface area contributed by atoms with E-state index in [2.05, 4.69) is 0 Å². The number of hydrogen-bond donors (Lipinski definition) is 2. The first-order valence-corrected chi connectivity index (χ1v) is 9.61. The van der Waals surface area contributed by atoms with Crippen LogP contribution in [0.5, 0.6) is 0 Å². The Morgan fingerprint density at radius 3 is 2.00 bits per heavy atom. The number of hydrogen-bond acceptors (Lipinski definition) is 4. The first kappa shape index (κ1) is 20.9. The van der Waals surface area contributed by atoms with Crippen LogP contribution < -0.4 is 5.32 Å². The summed E-state index contributed by atoms with van der Waals surface area (Å²) in [7, 11) is -3.74. The van der Waals surface area contributed by atoms with Crippen LogP contribution >= 0.6 is 0 Å². The van der Waals surface area contributed by atoms with Gasteiger partial charge in [-0.25, -0.2) is 8.42 Å². The second-order valence-electron chi connectivity index (χ2n) is 5.88. The molecule has 5 nitrogen and oxygen atoms in total. The zero-order valence-electron chi connectivity index (χ0n) is 14.1. The van der Waals surface area contributed by atoms with Gasteiger partial charge in [0.25, 0.3) is 0 Å². The van der Waals surface area contributed by atoms with Gasteiger partial charge >= 0.3 is 6.18 Å². The van der Waals surface area contributed by atoms with E-state index in [1.165, 1.54) is 42.5 Å². The van der Waals surface area contributed by atoms with Gasteiger partial charge in [0.05, 0.1) is 17.2 Å². The summed E-state index contributed by atoms with van der Waals surface area (Å²) in [6.45, 7) is -1.12. The van der Waals surface area contributed by atoms with Crippen LogP contribution in [0, 0.1) is 0 Å². The summed E-state index contributed by atoms with van der Waals surface area (Å²) in [5, 5.41) is 12.1. The van der Waals surface area contributed by atoms with Gasteiger partial charge in [-0.05, 0) is 17.7 Å². The molecular weight excluding hydrogens is 383 g/mol. The van der Waals surface area contributed by atoms with E-state index in [1.54, 1.807) is 6.07 Å². The molecule has 0 saturated carbocycles. The Morgan fingerprint density at radius 2 is 1.48 bits per heavy atom. The second kappa shape index (κ2) is 8.10. The summed E-state index contributed by atoms with van der Waals surface area (Å²) < 4.78 is 64.2. The molecule has 146 valence electrons. The Kier molecular flexibility index (Phi) is 6.27. The molecule has 0 bridgehead atoms. The third kappa shape index (κ3) is 5.08. The highest BCUT2D eigenvalue weighted by Gasteiger charge is 2.55. The predicted molar refractivity (Wildman–Crippen MR) is 92.5 cm³/mol. The van der Waals surface area contributed by atoms with Crippen molar-refractivity contribution in [2.45, 2.75) is 23.1 Å². The van der Waals surface area contributed by atoms with Crippen molar-refractivity contribution in [2.24, 2.45) is 0 Å². The molecule has 2 aromatic carbocycles. The average molecular weight is 401 g/mol. The Bertz CT molecular complexity index is 870. The van der Waals surface area contributed by atoms with E-state index in [0.717, 1.165) is 12.1 Å². The Balaban J connectivity index is 2.03. The van der Waals surface area contributed by atoms with Crippen LogP contribution in [0.25, 0.3) is 0 Å². The quantitative estimate of drug-likeness (QED) is 0.747. The number of aliphatic hydroxyl groups is 1. The molecule has 0 aromatic heterocycles. The van der Waals surface area contributed by atoms with E-state index in [4.69, 9.17) is 0 Å². The van der Waals surface area contributed by atoms with Gasteiger partial charge in [0.2, 0.25) is 11.5 Å². The number of amides is 1. The van der Waals surface area contributed by atoms with Crippen molar-refractivity contribution in [3.63, 3.8) is 0 Å². The summed E-state index contributed by atoms with van der Waals surface area (Å²) in [6.07, 6.45) is -5.56. The molecule has 2 N–H and O–H groups in total. The smallest absolute Gasteiger partial charge is 0.375 e. The normalized spacial score (nSPS) is 14.4. The van der Waals surface area contributed by atoms with Crippen LogP contribution in [0.4, 0.5) is 13.2 Å². The number of carbonyl (C=O) groups excluding carboxylic acids is 1. The third-order valence-electron chi connectivity index (χ3n) is 3.96. The van der Waals surface area contributed by atoms with E-state index >= 15 is 0 Å². The zero-order valence-corrected chi connectivity index (χ0v) is 14.9. The molecule has 0 fully saturated rings. The van der Waals surface area contributed by atoms with Gasteiger partial charge in [-0.3, -0.25) is 4.79 Å². The highest BCUT2D eigenvalue weighted by atomic mass is 32.2. The van der Waals surface area contributed by atoms with E-state index < -0.39 is 51.8 Å². The summed E-state index contributed by atoms with van der Waals surface area (Å²) in [4.78, 5) is 11.9. The summed E-state index contributed by atoms with van der Waals surface area (Å²) in [6, 6.07) is 13.8. The van der Waals surface area contributed by atoms with Crippen molar-refractivity contribution < 1.29 is 31.5 Å². The van der Waals surface area contributed by atoms with E-state index in [1.807, 2.05) is 5.32 Å². The maximum atomic E-state index is 13.3. The fourth-order valence-corrected chi connectivity index (χ4v) is 3.63. The first-order valence-electron chi connectivity index (χ1n) is 7.95. The first-order chi connectivity index (χ1) is 12.6. The van der Waals surface area contributed by atoms with Crippen LogP contribution in [-0.4, -0.2) is 37.9 Å². The highest BCUT2D eigenvalue weighted by molar-refractivity contribution is 7.91. The van der Waals surface area contributed by atoms with E-state index in [-0.39, 0.29) is 4.90 Å². The van der Waals surface area contributed by atoms with Crippen LogP contribution in [-0.2, 0) is 20.2 Å². The molecular formula is C18H18F3NO4S. The molecule has 0 aliphatic rings. The lowest BCUT2D eigenvalue weighted by atomic mass is 9.93. The third-order valence-corrected chi connectivity index (χ3v) is 5.69. The summed E-state index contributed by atoms with van der Waals surface area (Å²) in [5.74, 6) is -1.47. The van der Waals surface area contributed by atoms with Crippen molar-refractivity contribution in [2.75, 3.05) is 12.3 Å². The number of halogens is 3. The van der Waals surface area contributed by atoms with E-state index in [0.29, 0.717) is 0 Å². The molecule has 2 rings (SSSR count). The number of carbonyl (C=O) groups is 1. The fraction of sp³-hybridized carbons (Fsp3) is 0.278. The maximum absolute atomic E-state index is 13.3. The standard InChI is InChI=1S/C18H18F3NO4S/c19-18(20,21)17(24,14-7-3-1-4-8-14)13-22-16(23)11-12-27(25,26)15-9-5-2-6-10-15/h1-10,24H,11-13H2,(H,22,23)/t17-/m0/s1. The Morgan fingerprint density at radius 1 is 0.963 bits per heavy atom. The molecule has 0 aliphatic heterocycles. The molecule has 0 unspecified atom stereocenters. The highest BCUT2D eigenvalue weighted by Crippen LogP contribution is 2.38. The zero-order chi connectivity index (χ0) is 20.1. The van der Waals surface area contributed by atoms with Crippen LogP contribution in [0.1, 0.15) is 12.0 Å². The Hall–Kier alpha value is -2.39. The average Bonchev–Trinajstić information content (AvgIpc) is 2.65. The van der Waals surface area contributed by atoms with Gasteiger partial charge in [-0.15, -0.1) is 0 Å². The molecule has 1 atom stereocenters. The van der Waals surface area contributed by atoms with Gasteiger partial charge in [0, 0.05) is 6.42 Å². The number of nitrogens with one attached hydrogen (secondary N) is 1. The molecule has 2 aromatic rings. The lowest BCUT2D eigenvalue weighted by Crippen LogP contribution is -2.51. The SMILES string of the molecule is O=C(CCS(=O)(=O)c1ccccc1)NC[C@](O)(c1ccccc1)C(F)(F)F. The largest absolute Gasteiger partial charge is 0.423 e. The lowest BCUT2D eigenvalue weighted by molar-refractivity contribution is -0.264. The monoisotopic (exact) mass is 401 g/mol. The topological polar surface area (TPSA) is 83.5 Å². The van der Waals surface area contributed by atoms with Crippen molar-refractivity contribution in [1.82, 2.24) is 5.32 Å². The van der Waals surface area contributed by atoms with Crippen molar-refractivity contribution in [3.8, 4) is 0 Å². The maximum Gasteiger partial charge on any atom is 0.423 e. The summed E-state index contributed by atoms with van der Waals surface area (Å²) >= 11 is 0. The van der Waals surface area contributed by atoms with Gasteiger partial charge in [0.1, 0.15) is 0 Å². The number of rotatable bonds is 7. The van der Waals surface area contributed by atoms with Gasteiger partial charge < -0.3 is 10.4 Å². The van der Waals surface area contributed by atoms with Gasteiger partial charge in [0.15, 0.2) is 9.84 Å². The van der Waals surface area contributed by atoms with Crippen LogP contribution in [0.3, 0.4) is 0 Å². The molecule has 1 amide bonds.